The van der Waals surface area contributed by atoms with Gasteiger partial charge in [-0.05, 0) is 99.1 Å². The first-order chi connectivity index (χ1) is 18.4. The number of anilines is 2. The molecular formula is C28H28F3N7. The third-order valence-corrected chi connectivity index (χ3v) is 7.38. The van der Waals surface area contributed by atoms with Crippen molar-refractivity contribution in [2.45, 2.75) is 50.7 Å². The minimum absolute atomic E-state index is 0.0447. The molecule has 1 atom stereocenters. The average Bonchev–Trinajstić information content (AvgIpc) is 3.56. The molecule has 196 valence electrons. The number of hydrogen-bond acceptors (Lipinski definition) is 6. The maximum absolute atomic E-state index is 13.6. The normalized spacial score (nSPS) is 18.2. The van der Waals surface area contributed by atoms with Crippen molar-refractivity contribution in [3.63, 3.8) is 0 Å². The summed E-state index contributed by atoms with van der Waals surface area (Å²) in [5, 5.41) is 6.86. The van der Waals surface area contributed by atoms with Crippen molar-refractivity contribution in [1.29, 1.82) is 0 Å². The third kappa shape index (κ3) is 5.13. The summed E-state index contributed by atoms with van der Waals surface area (Å²) in [6.07, 6.45) is 5.35. The van der Waals surface area contributed by atoms with Crippen molar-refractivity contribution in [3.8, 4) is 17.1 Å². The van der Waals surface area contributed by atoms with Crippen LogP contribution in [-0.2, 0) is 19.0 Å². The average molecular weight is 520 g/mol. The van der Waals surface area contributed by atoms with Gasteiger partial charge in [0.2, 0.25) is 5.95 Å². The quantitative estimate of drug-likeness (QED) is 0.335. The number of alkyl halides is 3. The molecule has 1 aliphatic heterocycles. The smallest absolute Gasteiger partial charge is 0.324 e. The number of aromatic nitrogens is 5. The molecule has 7 nitrogen and oxygen atoms in total. The Morgan fingerprint density at radius 3 is 2.47 bits per heavy atom. The number of aryl methyl sites for hydroxylation is 2. The van der Waals surface area contributed by atoms with E-state index in [4.69, 9.17) is 0 Å². The van der Waals surface area contributed by atoms with Gasteiger partial charge in [0.1, 0.15) is 0 Å². The Bertz CT molecular complexity index is 1410. The summed E-state index contributed by atoms with van der Waals surface area (Å²) >= 11 is 0. The van der Waals surface area contributed by atoms with Crippen LogP contribution in [0, 0.1) is 0 Å². The van der Waals surface area contributed by atoms with Gasteiger partial charge in [0.05, 0.1) is 5.69 Å². The van der Waals surface area contributed by atoms with Gasteiger partial charge in [-0.1, -0.05) is 12.1 Å². The largest absolute Gasteiger partial charge is 0.453 e. The van der Waals surface area contributed by atoms with Gasteiger partial charge >= 0.3 is 6.18 Å². The topological polar surface area (TPSA) is 71.8 Å². The second-order valence-corrected chi connectivity index (χ2v) is 9.87. The van der Waals surface area contributed by atoms with Crippen LogP contribution in [0.15, 0.2) is 60.9 Å². The fraction of sp³-hybridized carbons (Fsp3) is 0.357. The Labute approximate surface area is 218 Å². The fourth-order valence-electron chi connectivity index (χ4n) is 5.46. The number of pyridine rings is 2. The summed E-state index contributed by atoms with van der Waals surface area (Å²) in [4.78, 5) is 15.1. The van der Waals surface area contributed by atoms with Gasteiger partial charge in [0.25, 0.3) is 5.82 Å². The Kier molecular flexibility index (Phi) is 6.57. The number of fused-ring (bicyclic) bond motifs is 1. The molecule has 0 saturated carbocycles. The lowest BCUT2D eigenvalue weighted by Gasteiger charge is -2.25. The predicted octanol–water partition coefficient (Wildman–Crippen LogP) is 5.83. The summed E-state index contributed by atoms with van der Waals surface area (Å²) < 4.78 is 42.0. The van der Waals surface area contributed by atoms with E-state index in [1.807, 2.05) is 18.2 Å². The van der Waals surface area contributed by atoms with Gasteiger partial charge < -0.3 is 10.2 Å². The van der Waals surface area contributed by atoms with Crippen molar-refractivity contribution in [2.24, 2.45) is 0 Å². The van der Waals surface area contributed by atoms with E-state index in [0.717, 1.165) is 35.9 Å². The van der Waals surface area contributed by atoms with E-state index in [-0.39, 0.29) is 11.8 Å². The number of hydrogen-bond donors (Lipinski definition) is 1. The maximum atomic E-state index is 13.6. The molecule has 0 amide bonds. The van der Waals surface area contributed by atoms with Crippen LogP contribution in [0.1, 0.15) is 42.6 Å². The zero-order valence-electron chi connectivity index (χ0n) is 20.8. The monoisotopic (exact) mass is 519 g/mol. The van der Waals surface area contributed by atoms with Crippen LogP contribution in [0.2, 0.25) is 0 Å². The van der Waals surface area contributed by atoms with Gasteiger partial charge in [-0.15, -0.1) is 5.10 Å². The van der Waals surface area contributed by atoms with E-state index < -0.39 is 12.0 Å². The number of halogens is 3. The van der Waals surface area contributed by atoms with Crippen molar-refractivity contribution in [2.75, 3.05) is 18.4 Å². The van der Waals surface area contributed by atoms with E-state index in [2.05, 4.69) is 36.3 Å². The fourth-order valence-corrected chi connectivity index (χ4v) is 5.46. The van der Waals surface area contributed by atoms with E-state index in [9.17, 15) is 13.2 Å². The van der Waals surface area contributed by atoms with Gasteiger partial charge in [-0.25, -0.2) is 4.98 Å². The molecule has 1 fully saturated rings. The molecule has 2 aliphatic rings. The van der Waals surface area contributed by atoms with Crippen molar-refractivity contribution >= 4 is 11.6 Å². The second-order valence-electron chi connectivity index (χ2n) is 9.87. The van der Waals surface area contributed by atoms with Crippen molar-refractivity contribution in [1.82, 2.24) is 29.6 Å². The number of nitrogens with one attached hydrogen (secondary N) is 1. The summed E-state index contributed by atoms with van der Waals surface area (Å²) in [5.41, 5.74) is 4.53. The zero-order valence-corrected chi connectivity index (χ0v) is 20.8. The molecule has 0 radical (unpaired) electrons. The van der Waals surface area contributed by atoms with Crippen molar-refractivity contribution in [3.05, 3.63) is 77.9 Å². The number of rotatable bonds is 5. The molecule has 0 bridgehead atoms. The van der Waals surface area contributed by atoms with Crippen LogP contribution >= 0.6 is 0 Å². The summed E-state index contributed by atoms with van der Waals surface area (Å²) in [6.45, 7) is 2.36. The standard InChI is InChI=1S/C28H28F3N7/c29-28(30,31)26-35-27(38(36-26)25-7-3-6-24(34-25)21-5-4-14-32-18-21)33-22-11-8-19-9-12-23(13-10-20(19)17-22)37-15-1-2-16-37/h3-8,11,14,17-18,23H,1-2,9-10,12-13,15-16H2,(H,33,35,36). The molecule has 38 heavy (non-hydrogen) atoms. The van der Waals surface area contributed by atoms with Crippen LogP contribution in [-0.4, -0.2) is 48.8 Å². The van der Waals surface area contributed by atoms with Gasteiger partial charge in [-0.2, -0.15) is 22.8 Å². The number of nitrogens with zero attached hydrogens (tertiary/aromatic N) is 6. The Morgan fingerprint density at radius 2 is 1.71 bits per heavy atom. The Balaban J connectivity index is 1.30. The molecule has 1 unspecified atom stereocenters. The SMILES string of the molecule is FC(F)(F)c1nc(Nc2ccc3c(c2)CCC(N2CCCC2)CC3)n(-c2cccc(-c3cccnc3)n2)n1. The van der Waals surface area contributed by atoms with Crippen molar-refractivity contribution < 1.29 is 13.2 Å². The highest BCUT2D eigenvalue weighted by molar-refractivity contribution is 5.60. The molecule has 1 N–H and O–H groups in total. The lowest BCUT2D eigenvalue weighted by molar-refractivity contribution is -0.144. The molecule has 4 aromatic rings. The van der Waals surface area contributed by atoms with Crippen LogP contribution in [0.25, 0.3) is 17.1 Å². The first-order valence-corrected chi connectivity index (χ1v) is 13.0. The molecule has 6 rings (SSSR count). The third-order valence-electron chi connectivity index (χ3n) is 7.38. The Hall–Kier alpha value is -3.79. The predicted molar refractivity (Wildman–Crippen MR) is 138 cm³/mol. The molecule has 3 aromatic heterocycles. The van der Waals surface area contributed by atoms with Crippen LogP contribution in [0.5, 0.6) is 0 Å². The first-order valence-electron chi connectivity index (χ1n) is 13.0. The van der Waals surface area contributed by atoms with Gasteiger partial charge in [0.15, 0.2) is 5.82 Å². The van der Waals surface area contributed by atoms with Crippen LogP contribution < -0.4 is 5.32 Å². The lowest BCUT2D eigenvalue weighted by atomic mass is 10.0. The minimum atomic E-state index is -4.69. The summed E-state index contributed by atoms with van der Waals surface area (Å²) in [6, 6.07) is 15.3. The summed E-state index contributed by atoms with van der Waals surface area (Å²) in [5.74, 6) is -1.05. The zero-order chi connectivity index (χ0) is 26.1. The minimum Gasteiger partial charge on any atom is -0.324 e. The molecular weight excluding hydrogens is 491 g/mol. The lowest BCUT2D eigenvalue weighted by Crippen LogP contribution is -2.32. The van der Waals surface area contributed by atoms with Gasteiger partial charge in [-0.3, -0.25) is 4.98 Å². The van der Waals surface area contributed by atoms with E-state index >= 15 is 0 Å². The van der Waals surface area contributed by atoms with E-state index in [1.54, 1.807) is 36.7 Å². The maximum Gasteiger partial charge on any atom is 0.453 e. The molecule has 10 heteroatoms. The highest BCUT2D eigenvalue weighted by Crippen LogP contribution is 2.32. The van der Waals surface area contributed by atoms with Crippen LogP contribution in [0.3, 0.4) is 0 Å². The van der Waals surface area contributed by atoms with E-state index in [0.29, 0.717) is 17.4 Å². The second kappa shape index (κ2) is 10.2. The van der Waals surface area contributed by atoms with E-state index in [1.165, 1.54) is 37.1 Å². The molecule has 1 aliphatic carbocycles. The molecule has 0 spiro atoms. The van der Waals surface area contributed by atoms with Gasteiger partial charge in [0, 0.05) is 29.7 Å². The summed E-state index contributed by atoms with van der Waals surface area (Å²) in [7, 11) is 0. The molecule has 1 saturated heterocycles. The Morgan fingerprint density at radius 1 is 0.895 bits per heavy atom. The molecule has 4 heterocycles. The highest BCUT2D eigenvalue weighted by Gasteiger charge is 2.37. The first kappa shape index (κ1) is 24.5. The number of benzene rings is 1. The molecule has 1 aromatic carbocycles. The van der Waals surface area contributed by atoms with Crippen LogP contribution in [0.4, 0.5) is 24.8 Å². The highest BCUT2D eigenvalue weighted by atomic mass is 19.4. The number of likely N-dealkylation sites (tertiary alicyclic amines) is 1.